The van der Waals surface area contributed by atoms with E-state index in [4.69, 9.17) is 0 Å². The molecule has 0 saturated heterocycles. The molecule has 0 bridgehead atoms. The Morgan fingerprint density at radius 1 is 1.10 bits per heavy atom. The number of benzene rings is 1. The summed E-state index contributed by atoms with van der Waals surface area (Å²) in [6.45, 7) is 0. The van der Waals surface area contributed by atoms with Crippen molar-refractivity contribution in [1.82, 2.24) is 0 Å². The van der Waals surface area contributed by atoms with Crippen molar-refractivity contribution in [1.29, 1.82) is 0 Å². The molecule has 0 saturated carbocycles. The molecule has 0 aliphatic carbocycles. The van der Waals surface area contributed by atoms with Crippen LogP contribution in [0.15, 0.2) is 30.3 Å². The summed E-state index contributed by atoms with van der Waals surface area (Å²) in [5, 5.41) is 0. The Morgan fingerprint density at radius 2 is 1.80 bits per heavy atom. The van der Waals surface area contributed by atoms with Gasteiger partial charge in [0.15, 0.2) is 0 Å². The molecule has 52 valence electrons. The van der Waals surface area contributed by atoms with Gasteiger partial charge in [-0.2, -0.15) is 0 Å². The van der Waals surface area contributed by atoms with E-state index in [0.29, 0.717) is 0 Å². The van der Waals surface area contributed by atoms with Crippen molar-refractivity contribution in [3.8, 4) is 0 Å². The monoisotopic (exact) mass is 240 g/mol. The van der Waals surface area contributed by atoms with Gasteiger partial charge in [-0.05, 0) is 0 Å². The van der Waals surface area contributed by atoms with Gasteiger partial charge in [0.25, 0.3) is 0 Å². The number of hydrogen-bond donors (Lipinski definition) is 0. The fourth-order valence-electron chi connectivity index (χ4n) is 0.951. The summed E-state index contributed by atoms with van der Waals surface area (Å²) < 4.78 is 1.42. The van der Waals surface area contributed by atoms with E-state index in [9.17, 15) is 0 Å². The molecule has 1 aromatic rings. The van der Waals surface area contributed by atoms with Crippen molar-refractivity contribution in [3.05, 3.63) is 35.9 Å². The van der Waals surface area contributed by atoms with Crippen LogP contribution in [-0.4, -0.2) is 22.5 Å². The normalized spacial score (nSPS) is 9.70. The zero-order valence-corrected chi connectivity index (χ0v) is 9.38. The molecule has 0 fully saturated rings. The standard InChI is InChI=1S/C9H11.Sn.H/c1-2-6-9-7-4-3-5-8-9;;/h3-5,7-8H,1-2,6H2;;. The molecule has 1 heteroatoms. The quantitative estimate of drug-likeness (QED) is 0.707. The van der Waals surface area contributed by atoms with Crippen molar-refractivity contribution in [2.45, 2.75) is 17.3 Å². The second-order valence-corrected chi connectivity index (χ2v) is 4.03. The first-order valence-electron chi connectivity index (χ1n) is 3.67. The van der Waals surface area contributed by atoms with Gasteiger partial charge in [0.2, 0.25) is 0 Å². The molecule has 0 spiro atoms. The molecule has 0 aliphatic heterocycles. The van der Waals surface area contributed by atoms with Crippen LogP contribution in [0.3, 0.4) is 0 Å². The van der Waals surface area contributed by atoms with Crippen LogP contribution in [0.5, 0.6) is 0 Å². The van der Waals surface area contributed by atoms with Crippen molar-refractivity contribution in [2.75, 3.05) is 0 Å². The molecule has 0 unspecified atom stereocenters. The SMILES string of the molecule is [SnH][CH2]CCc1ccccc1. The van der Waals surface area contributed by atoms with Crippen LogP contribution in [0, 0.1) is 0 Å². The van der Waals surface area contributed by atoms with Crippen LogP contribution in [0.2, 0.25) is 4.44 Å². The Morgan fingerprint density at radius 3 is 2.40 bits per heavy atom. The molecule has 0 nitrogen and oxygen atoms in total. The number of aryl methyl sites for hydroxylation is 1. The van der Waals surface area contributed by atoms with E-state index in [2.05, 4.69) is 30.3 Å². The molecule has 1 rings (SSSR count). The predicted octanol–water partition coefficient (Wildman–Crippen LogP) is 1.94. The maximum atomic E-state index is 2.20. The van der Waals surface area contributed by atoms with Crippen molar-refractivity contribution < 1.29 is 0 Å². The molecule has 0 N–H and O–H groups in total. The number of rotatable bonds is 3. The van der Waals surface area contributed by atoms with Crippen LogP contribution < -0.4 is 0 Å². The molecule has 0 atom stereocenters. The van der Waals surface area contributed by atoms with Crippen molar-refractivity contribution in [2.24, 2.45) is 0 Å². The van der Waals surface area contributed by atoms with Gasteiger partial charge in [0.05, 0.1) is 0 Å². The van der Waals surface area contributed by atoms with Gasteiger partial charge in [-0.3, -0.25) is 0 Å². The van der Waals surface area contributed by atoms with Crippen LogP contribution in [-0.2, 0) is 6.42 Å². The molecule has 0 aliphatic rings. The van der Waals surface area contributed by atoms with E-state index < -0.39 is 0 Å². The average Bonchev–Trinajstić information content (AvgIpc) is 2.03. The Bertz CT molecular complexity index is 169. The van der Waals surface area contributed by atoms with Gasteiger partial charge in [-0.15, -0.1) is 0 Å². The first-order chi connectivity index (χ1) is 4.93. The molecule has 10 heavy (non-hydrogen) atoms. The van der Waals surface area contributed by atoms with E-state index >= 15 is 0 Å². The van der Waals surface area contributed by atoms with E-state index in [1.165, 1.54) is 45.4 Å². The van der Waals surface area contributed by atoms with Crippen LogP contribution in [0.1, 0.15) is 12.0 Å². The summed E-state index contributed by atoms with van der Waals surface area (Å²) in [5.74, 6) is 0. The summed E-state index contributed by atoms with van der Waals surface area (Å²) in [6, 6.07) is 10.7. The minimum atomic E-state index is 1.27. The summed E-state index contributed by atoms with van der Waals surface area (Å²) in [6.07, 6.45) is 2.63. The molecule has 0 heterocycles. The summed E-state index contributed by atoms with van der Waals surface area (Å²) in [5.41, 5.74) is 1.48. The van der Waals surface area contributed by atoms with E-state index in [1.54, 1.807) is 0 Å². The first-order valence-corrected chi connectivity index (χ1v) is 6.00. The van der Waals surface area contributed by atoms with Gasteiger partial charge in [-0.1, -0.05) is 0 Å². The maximum absolute atomic E-state index is 2.20. The van der Waals surface area contributed by atoms with Crippen LogP contribution >= 0.6 is 0 Å². The summed E-state index contributed by atoms with van der Waals surface area (Å²) >= 11 is 1.41. The molecule has 1 aromatic carbocycles. The topological polar surface area (TPSA) is 0 Å². The van der Waals surface area contributed by atoms with Crippen LogP contribution in [0.25, 0.3) is 0 Å². The van der Waals surface area contributed by atoms with E-state index in [0.717, 1.165) is 0 Å². The Labute approximate surface area is 75.7 Å². The van der Waals surface area contributed by atoms with E-state index in [-0.39, 0.29) is 0 Å². The second kappa shape index (κ2) is 4.78. The van der Waals surface area contributed by atoms with E-state index in [1.807, 2.05) is 0 Å². The predicted molar refractivity (Wildman–Crippen MR) is 46.7 cm³/mol. The zero-order valence-electron chi connectivity index (χ0n) is 6.09. The molecule has 2 radical (unpaired) electrons. The van der Waals surface area contributed by atoms with Crippen molar-refractivity contribution >= 4 is 22.5 Å². The third kappa shape index (κ3) is 2.73. The molecular weight excluding hydrogens is 227 g/mol. The fourth-order valence-corrected chi connectivity index (χ4v) is 1.53. The van der Waals surface area contributed by atoms with Gasteiger partial charge in [0.1, 0.15) is 0 Å². The third-order valence-electron chi connectivity index (χ3n) is 1.51. The first kappa shape index (κ1) is 8.12. The Balaban J connectivity index is 2.43. The third-order valence-corrected chi connectivity index (χ3v) is 2.68. The van der Waals surface area contributed by atoms with Crippen molar-refractivity contribution in [3.63, 3.8) is 0 Å². The van der Waals surface area contributed by atoms with Gasteiger partial charge in [0, 0.05) is 0 Å². The summed E-state index contributed by atoms with van der Waals surface area (Å²) in [7, 11) is 0. The van der Waals surface area contributed by atoms with Gasteiger partial charge >= 0.3 is 75.7 Å². The average molecular weight is 239 g/mol. The molecule has 0 aromatic heterocycles. The summed E-state index contributed by atoms with van der Waals surface area (Å²) in [4.78, 5) is 0. The number of hydrogen-bond acceptors (Lipinski definition) is 0. The Kier molecular flexibility index (Phi) is 3.88. The van der Waals surface area contributed by atoms with Crippen LogP contribution in [0.4, 0.5) is 0 Å². The van der Waals surface area contributed by atoms with Gasteiger partial charge < -0.3 is 0 Å². The fraction of sp³-hybridized carbons (Fsp3) is 0.333. The van der Waals surface area contributed by atoms with Gasteiger partial charge in [-0.25, -0.2) is 0 Å². The molecular formula is C9H12Sn. The molecule has 0 amide bonds. The minimum absolute atomic E-state index is 1.27. The second-order valence-electron chi connectivity index (χ2n) is 2.38. The zero-order chi connectivity index (χ0) is 7.23. The Hall–Kier alpha value is 0.0187.